The predicted molar refractivity (Wildman–Crippen MR) is 283 cm³/mol. The lowest BCUT2D eigenvalue weighted by Crippen LogP contribution is -2.35. The molecule has 8 bridgehead atoms. The molecule has 2 aliphatic rings. The Kier molecular flexibility index (Phi) is 10.6. The normalized spacial score (nSPS) is 13.0. The van der Waals surface area contributed by atoms with E-state index in [-0.39, 0.29) is 0 Å². The average molecular weight is 859 g/mol. The zero-order chi connectivity index (χ0) is 46.3. The predicted octanol–water partition coefficient (Wildman–Crippen LogP) is 13.5. The Morgan fingerprint density at radius 3 is 0.785 bits per heavy atom. The van der Waals surface area contributed by atoms with Gasteiger partial charge in [0.2, 0.25) is 0 Å². The number of benzene rings is 4. The summed E-state index contributed by atoms with van der Waals surface area (Å²) in [6.07, 6.45) is 8.88. The van der Waals surface area contributed by atoms with E-state index in [9.17, 15) is 0 Å². The highest BCUT2D eigenvalue weighted by molar-refractivity contribution is 6.04. The Hall–Kier alpha value is -6.64. The highest BCUT2D eigenvalue weighted by Gasteiger charge is 2.29. The van der Waals surface area contributed by atoms with Gasteiger partial charge in [0.05, 0.1) is 86.2 Å². The summed E-state index contributed by atoms with van der Waals surface area (Å²) >= 11 is 0. The molecule has 0 amide bonds. The van der Waals surface area contributed by atoms with Crippen LogP contribution in [-0.4, -0.2) is 83.4 Å². The summed E-state index contributed by atoms with van der Waals surface area (Å²) in [6.45, 7) is 11.1. The molecule has 7 heteroatoms. The smallest absolute Gasteiger partial charge is 0.140 e. The van der Waals surface area contributed by atoms with E-state index in [1.54, 1.807) is 0 Å². The van der Waals surface area contributed by atoms with E-state index in [1.165, 1.54) is 67.1 Å². The second-order valence-electron chi connectivity index (χ2n) is 20.7. The second kappa shape index (κ2) is 15.8. The minimum Gasteiger partial charge on any atom is -0.354 e. The van der Waals surface area contributed by atoms with Crippen LogP contribution in [0.1, 0.15) is 50.6 Å². The number of nitrogens with one attached hydrogen (secondary N) is 2. The minimum absolute atomic E-state index is 0.646. The van der Waals surface area contributed by atoms with Crippen LogP contribution >= 0.6 is 0 Å². The third-order valence-corrected chi connectivity index (χ3v) is 13.2. The number of aromatic amines is 2. The fraction of sp³-hybridized carbons (Fsp3) is 0.241. The maximum absolute atomic E-state index is 5.75. The highest BCUT2D eigenvalue weighted by Crippen LogP contribution is 2.46. The highest BCUT2D eigenvalue weighted by atomic mass is 15.3. The molecule has 2 N–H and O–H groups in total. The van der Waals surface area contributed by atoms with Crippen molar-refractivity contribution in [1.29, 1.82) is 0 Å². The lowest BCUT2D eigenvalue weighted by Gasteiger charge is -2.27. The third-order valence-electron chi connectivity index (χ3n) is 13.2. The van der Waals surface area contributed by atoms with Crippen LogP contribution in [0.25, 0.3) is 90.9 Å². The molecular weight excluding hydrogens is 795 g/mol. The van der Waals surface area contributed by atoms with Gasteiger partial charge in [-0.1, -0.05) is 54.6 Å². The number of H-pyrrole nitrogens is 2. The van der Waals surface area contributed by atoms with Gasteiger partial charge in [-0.25, -0.2) is 9.97 Å². The topological polar surface area (TPSA) is 57.4 Å². The number of aromatic nitrogens is 4. The number of quaternary nitrogens is 3. The third kappa shape index (κ3) is 7.67. The molecule has 9 rings (SSSR count). The molecule has 3 aromatic heterocycles. The molecule has 0 aliphatic carbocycles. The molecule has 0 atom stereocenters. The van der Waals surface area contributed by atoms with Gasteiger partial charge in [-0.15, -0.1) is 0 Å². The van der Waals surface area contributed by atoms with Crippen LogP contribution in [0, 0.1) is 34.6 Å². The van der Waals surface area contributed by atoms with Gasteiger partial charge in [0.15, 0.2) is 0 Å². The van der Waals surface area contributed by atoms with Crippen LogP contribution in [0.5, 0.6) is 0 Å². The Labute approximate surface area is 385 Å². The summed E-state index contributed by atoms with van der Waals surface area (Å²) in [5, 5.41) is 0. The first-order valence-corrected chi connectivity index (χ1v) is 22.7. The van der Waals surface area contributed by atoms with Crippen LogP contribution in [0.2, 0.25) is 0 Å². The Balaban J connectivity index is 1.57. The molecule has 7 aromatic rings. The maximum atomic E-state index is 5.75. The number of fused-ring (bicyclic) bond motifs is 8. The van der Waals surface area contributed by atoms with E-state index in [0.29, 0.717) is 13.4 Å². The Morgan fingerprint density at radius 2 is 0.523 bits per heavy atom. The molecule has 2 aliphatic heterocycles. The fourth-order valence-electron chi connectivity index (χ4n) is 10.1. The van der Waals surface area contributed by atoms with Crippen LogP contribution in [0.15, 0.2) is 97.1 Å². The van der Waals surface area contributed by atoms with Gasteiger partial charge in [0, 0.05) is 61.0 Å². The molecule has 0 unspecified atom stereocenters. The number of nitrogens with zero attached hydrogens (tertiary/aromatic N) is 5. The van der Waals surface area contributed by atoms with Gasteiger partial charge in [-0.2, -0.15) is 0 Å². The Bertz CT molecular complexity index is 3230. The van der Waals surface area contributed by atoms with E-state index >= 15 is 0 Å². The molecule has 4 aromatic carbocycles. The van der Waals surface area contributed by atoms with Gasteiger partial charge < -0.3 is 9.97 Å². The van der Waals surface area contributed by atoms with Gasteiger partial charge >= 0.3 is 0 Å². The lowest BCUT2D eigenvalue weighted by atomic mass is 9.94. The number of hydrogen-bond donors (Lipinski definition) is 2. The first-order chi connectivity index (χ1) is 30.7. The van der Waals surface area contributed by atoms with E-state index in [4.69, 9.17) is 9.97 Å². The molecule has 0 spiro atoms. The van der Waals surface area contributed by atoms with E-state index in [1.807, 2.05) is 0 Å². The number of hydrogen-bond acceptors (Lipinski definition) is 2. The van der Waals surface area contributed by atoms with Gasteiger partial charge in [-0.3, -0.25) is 13.4 Å². The quantitative estimate of drug-likeness (QED) is 0.157. The summed E-state index contributed by atoms with van der Waals surface area (Å²) in [4.78, 5) is 19.5. The first kappa shape index (κ1) is 43.6. The van der Waals surface area contributed by atoms with Crippen molar-refractivity contribution in [2.75, 3.05) is 63.4 Å². The molecule has 0 saturated heterocycles. The Morgan fingerprint density at radius 1 is 0.292 bits per heavy atom. The molecule has 0 saturated carbocycles. The van der Waals surface area contributed by atoms with Gasteiger partial charge in [0.25, 0.3) is 0 Å². The molecule has 328 valence electrons. The fourth-order valence-corrected chi connectivity index (χ4v) is 10.1. The summed E-state index contributed by atoms with van der Waals surface area (Å²) in [6, 6.07) is 35.5. The van der Waals surface area contributed by atoms with Crippen molar-refractivity contribution in [3.63, 3.8) is 0 Å². The standard InChI is InChI=1S/C58H64N7/c1-35-19-15-20-36(2)51(35)55-40-27-29-42(59-40)56(52-37(3)21-16-24-48(52)63(6,7)8)44-31-33-46(61-44)58(54-39(5)23-18-26-50(54)65(12,13)14)47-34-32-45(62-47)57(43-30-28-41(55)60-43)53-38(4)22-17-25-49(53)64(9,10)11/h15-34,59,62H,1-14H3/q+3. The summed E-state index contributed by atoms with van der Waals surface area (Å²) in [7, 11) is 20.2. The number of rotatable bonds is 7. The van der Waals surface area contributed by atoms with Crippen molar-refractivity contribution in [2.45, 2.75) is 34.6 Å². The zero-order valence-electron chi connectivity index (χ0n) is 40.8. The maximum Gasteiger partial charge on any atom is 0.140 e. The second-order valence-corrected chi connectivity index (χ2v) is 20.7. The molecular formula is C58H64N7+3. The van der Waals surface area contributed by atoms with Crippen molar-refractivity contribution in [2.24, 2.45) is 0 Å². The van der Waals surface area contributed by atoms with Gasteiger partial charge in [-0.05, 0) is 135 Å². The monoisotopic (exact) mass is 859 g/mol. The summed E-state index contributed by atoms with van der Waals surface area (Å²) < 4.78 is 1.94. The molecule has 0 radical (unpaired) electrons. The molecule has 65 heavy (non-hydrogen) atoms. The number of aryl methyl sites for hydroxylation is 5. The van der Waals surface area contributed by atoms with Crippen LogP contribution in [0.4, 0.5) is 17.1 Å². The van der Waals surface area contributed by atoms with Crippen molar-refractivity contribution < 1.29 is 0 Å². The van der Waals surface area contributed by atoms with E-state index in [2.05, 4.69) is 229 Å². The summed E-state index contributed by atoms with van der Waals surface area (Å²) in [5.74, 6) is 0. The molecule has 0 fully saturated rings. The molecule has 5 heterocycles. The largest absolute Gasteiger partial charge is 0.354 e. The van der Waals surface area contributed by atoms with E-state index < -0.39 is 0 Å². The molecule has 7 nitrogen and oxygen atoms in total. The van der Waals surface area contributed by atoms with Crippen molar-refractivity contribution in [1.82, 2.24) is 33.4 Å². The zero-order valence-corrected chi connectivity index (χ0v) is 40.8. The van der Waals surface area contributed by atoms with Crippen molar-refractivity contribution in [3.05, 3.63) is 148 Å². The van der Waals surface area contributed by atoms with Crippen LogP contribution in [-0.2, 0) is 0 Å². The lowest BCUT2D eigenvalue weighted by molar-refractivity contribution is 0.487. The van der Waals surface area contributed by atoms with Crippen molar-refractivity contribution in [3.8, 4) is 44.5 Å². The summed E-state index contributed by atoms with van der Waals surface area (Å²) in [5.41, 5.74) is 26.3. The van der Waals surface area contributed by atoms with Crippen LogP contribution < -0.4 is 13.4 Å². The van der Waals surface area contributed by atoms with E-state index in [0.717, 1.165) is 67.1 Å². The minimum atomic E-state index is 0.646. The van der Waals surface area contributed by atoms with Crippen molar-refractivity contribution >= 4 is 63.4 Å². The first-order valence-electron chi connectivity index (χ1n) is 22.7. The van der Waals surface area contributed by atoms with Gasteiger partial charge in [0.1, 0.15) is 17.1 Å². The average Bonchev–Trinajstić information content (AvgIpc) is 4.07. The SMILES string of the molecule is Cc1cccc(C)c1-c1c2nc(c(-c3c(C)cccc3[N+](C)(C)C)c3ccc([nH]3)c(-c3c(C)cccc3[N+](C)(C)C)c3nc(c(-c4c(C)cccc4[N+](C)(C)C)c4ccc1[nH]4)C=C3)C=C2. The van der Waals surface area contributed by atoms with Crippen LogP contribution in [0.3, 0.4) is 0 Å².